The third-order valence-corrected chi connectivity index (χ3v) is 5.78. The quantitative estimate of drug-likeness (QED) is 0.0837. The number of unbranched alkanes of at least 4 members (excludes halogenated alkanes) is 1. The molecule has 4 atom stereocenters. The van der Waals surface area contributed by atoms with Crippen molar-refractivity contribution < 1.29 is 39.3 Å². The van der Waals surface area contributed by atoms with Gasteiger partial charge in [-0.3, -0.25) is 19.2 Å². The number of hydrogen-bond acceptors (Lipinski definition) is 9. The van der Waals surface area contributed by atoms with E-state index in [4.69, 9.17) is 16.6 Å². The molecule has 10 N–H and O–H groups in total. The third kappa shape index (κ3) is 11.9. The summed E-state index contributed by atoms with van der Waals surface area (Å²) in [7, 11) is 0. The van der Waals surface area contributed by atoms with Crippen molar-refractivity contribution in [2.24, 2.45) is 11.5 Å². The Morgan fingerprint density at radius 2 is 1.38 bits per heavy atom. The minimum Gasteiger partial charge on any atom is -0.508 e. The number of aromatic hydroxyl groups is 1. The van der Waals surface area contributed by atoms with E-state index < -0.39 is 60.2 Å². The Kier molecular flexibility index (Phi) is 14.0. The number of nitrogens with two attached hydrogens (primary N) is 2. The summed E-state index contributed by atoms with van der Waals surface area (Å²) in [5.74, 6) is -4.85. The van der Waals surface area contributed by atoms with Gasteiger partial charge in [0.25, 0.3) is 0 Å². The van der Waals surface area contributed by atoms with Crippen molar-refractivity contribution in [2.45, 2.75) is 62.7 Å². The Morgan fingerprint density at radius 1 is 0.838 bits per heavy atom. The summed E-state index contributed by atoms with van der Waals surface area (Å²) in [6.07, 6.45) is 0.296. The van der Waals surface area contributed by atoms with Gasteiger partial charge in [-0.05, 0) is 49.9 Å². The van der Waals surface area contributed by atoms with Gasteiger partial charge in [0.05, 0.1) is 6.04 Å². The molecule has 3 amide bonds. The van der Waals surface area contributed by atoms with Crippen LogP contribution in [0.5, 0.6) is 5.75 Å². The Balaban J connectivity index is 3.03. The van der Waals surface area contributed by atoms with Crippen LogP contribution in [-0.4, -0.2) is 81.4 Å². The van der Waals surface area contributed by atoms with Gasteiger partial charge in [-0.2, -0.15) is 12.6 Å². The molecule has 37 heavy (non-hydrogen) atoms. The van der Waals surface area contributed by atoms with Crippen LogP contribution in [0.1, 0.15) is 37.7 Å². The van der Waals surface area contributed by atoms with Crippen LogP contribution < -0.4 is 27.4 Å². The highest BCUT2D eigenvalue weighted by molar-refractivity contribution is 7.80. The summed E-state index contributed by atoms with van der Waals surface area (Å²) in [5, 5.41) is 35.3. The SMILES string of the molecule is NCCCCC(NC(=O)C(N)CS)C(=O)NC(CCC(=O)O)C(=O)NC(Cc1ccc(O)cc1)C(=O)O. The van der Waals surface area contributed by atoms with Gasteiger partial charge in [0, 0.05) is 18.6 Å². The minimum absolute atomic E-state index is 0.0143. The summed E-state index contributed by atoms with van der Waals surface area (Å²) >= 11 is 3.96. The molecular formula is C23H35N5O8S. The van der Waals surface area contributed by atoms with E-state index in [1.807, 2.05) is 0 Å². The van der Waals surface area contributed by atoms with E-state index in [1.165, 1.54) is 24.3 Å². The fourth-order valence-electron chi connectivity index (χ4n) is 3.27. The maximum atomic E-state index is 13.0. The zero-order valence-corrected chi connectivity index (χ0v) is 21.2. The molecule has 0 aliphatic rings. The molecule has 0 aliphatic heterocycles. The number of benzene rings is 1. The van der Waals surface area contributed by atoms with E-state index in [-0.39, 0.29) is 30.8 Å². The Labute approximate surface area is 219 Å². The molecule has 0 aliphatic carbocycles. The molecule has 0 saturated heterocycles. The number of nitrogens with one attached hydrogen (secondary N) is 3. The first kappa shape index (κ1) is 31.7. The molecule has 14 heteroatoms. The maximum absolute atomic E-state index is 13.0. The van der Waals surface area contributed by atoms with Crippen LogP contribution in [-0.2, 0) is 30.4 Å². The number of carbonyl (C=O) groups excluding carboxylic acids is 3. The molecule has 0 aromatic heterocycles. The molecule has 0 heterocycles. The van der Waals surface area contributed by atoms with E-state index in [9.17, 15) is 34.2 Å². The molecule has 0 spiro atoms. The number of carboxylic acid groups (broad SMARTS) is 2. The van der Waals surface area contributed by atoms with Gasteiger partial charge in [-0.15, -0.1) is 0 Å². The van der Waals surface area contributed by atoms with E-state index in [2.05, 4.69) is 28.6 Å². The summed E-state index contributed by atoms with van der Waals surface area (Å²) in [6, 6.07) is 0.867. The van der Waals surface area contributed by atoms with Crippen LogP contribution in [0.2, 0.25) is 0 Å². The second-order valence-corrected chi connectivity index (χ2v) is 8.76. The fourth-order valence-corrected chi connectivity index (χ4v) is 3.44. The smallest absolute Gasteiger partial charge is 0.326 e. The van der Waals surface area contributed by atoms with Crippen LogP contribution in [0.3, 0.4) is 0 Å². The first-order valence-corrected chi connectivity index (χ1v) is 12.3. The number of carbonyl (C=O) groups is 5. The number of carboxylic acids is 2. The van der Waals surface area contributed by atoms with Crippen molar-refractivity contribution in [1.29, 1.82) is 0 Å². The second-order valence-electron chi connectivity index (χ2n) is 8.40. The van der Waals surface area contributed by atoms with E-state index in [1.54, 1.807) is 0 Å². The molecule has 0 fully saturated rings. The third-order valence-electron chi connectivity index (χ3n) is 5.38. The van der Waals surface area contributed by atoms with Gasteiger partial charge < -0.3 is 42.7 Å². The lowest BCUT2D eigenvalue weighted by Crippen LogP contribution is -2.57. The van der Waals surface area contributed by atoms with Crippen molar-refractivity contribution in [2.75, 3.05) is 12.3 Å². The van der Waals surface area contributed by atoms with Crippen LogP contribution in [0, 0.1) is 0 Å². The number of aliphatic carboxylic acids is 2. The van der Waals surface area contributed by atoms with E-state index in [0.717, 1.165) is 0 Å². The number of rotatable bonds is 17. The first-order valence-electron chi connectivity index (χ1n) is 11.7. The van der Waals surface area contributed by atoms with Crippen molar-refractivity contribution in [3.8, 4) is 5.75 Å². The predicted octanol–water partition coefficient (Wildman–Crippen LogP) is -1.28. The van der Waals surface area contributed by atoms with Crippen molar-refractivity contribution in [3.63, 3.8) is 0 Å². The standard InChI is InChI=1S/C23H35N5O8S/c24-10-2-1-3-16(26-20(32)15(25)12-37)21(33)27-17(8-9-19(30)31)22(34)28-18(23(35)36)11-13-4-6-14(29)7-5-13/h4-7,15-18,29,37H,1-3,8-12,24-25H2,(H,26,32)(H,27,33)(H,28,34)(H,30,31)(H,35,36). The highest BCUT2D eigenvalue weighted by atomic mass is 32.1. The van der Waals surface area contributed by atoms with Crippen LogP contribution in [0.15, 0.2) is 24.3 Å². The molecule has 13 nitrogen and oxygen atoms in total. The van der Waals surface area contributed by atoms with Gasteiger partial charge >= 0.3 is 11.9 Å². The van der Waals surface area contributed by atoms with Crippen molar-refractivity contribution in [3.05, 3.63) is 29.8 Å². The summed E-state index contributed by atoms with van der Waals surface area (Å²) < 4.78 is 0. The van der Waals surface area contributed by atoms with Gasteiger partial charge in [-0.1, -0.05) is 12.1 Å². The summed E-state index contributed by atoms with van der Waals surface area (Å²) in [6.45, 7) is 0.361. The average Bonchev–Trinajstić information content (AvgIpc) is 2.85. The molecular weight excluding hydrogens is 506 g/mol. The minimum atomic E-state index is -1.39. The highest BCUT2D eigenvalue weighted by Crippen LogP contribution is 2.12. The lowest BCUT2D eigenvalue weighted by Gasteiger charge is -2.25. The lowest BCUT2D eigenvalue weighted by molar-refractivity contribution is -0.143. The Hall–Kier alpha value is -3.36. The van der Waals surface area contributed by atoms with Gasteiger partial charge in [0.15, 0.2) is 0 Å². The fraction of sp³-hybridized carbons (Fsp3) is 0.522. The molecule has 1 aromatic carbocycles. The zero-order valence-electron chi connectivity index (χ0n) is 20.3. The molecule has 1 aromatic rings. The summed E-state index contributed by atoms with van der Waals surface area (Å²) in [4.78, 5) is 61.1. The largest absolute Gasteiger partial charge is 0.508 e. The average molecular weight is 542 g/mol. The first-order chi connectivity index (χ1) is 17.5. The van der Waals surface area contributed by atoms with Crippen molar-refractivity contribution in [1.82, 2.24) is 16.0 Å². The van der Waals surface area contributed by atoms with Crippen LogP contribution in [0.25, 0.3) is 0 Å². The Bertz CT molecular complexity index is 930. The number of hydrogen-bond donors (Lipinski definition) is 9. The second kappa shape index (κ2) is 16.4. The number of thiol groups is 1. The zero-order chi connectivity index (χ0) is 28.0. The lowest BCUT2D eigenvalue weighted by atomic mass is 10.0. The monoisotopic (exact) mass is 541 g/mol. The maximum Gasteiger partial charge on any atom is 0.326 e. The predicted molar refractivity (Wildman–Crippen MR) is 137 cm³/mol. The van der Waals surface area contributed by atoms with Crippen molar-refractivity contribution >= 4 is 42.3 Å². The molecule has 0 radical (unpaired) electrons. The molecule has 0 bridgehead atoms. The normalized spacial score (nSPS) is 14.0. The van der Waals surface area contributed by atoms with Gasteiger partial charge in [0.2, 0.25) is 17.7 Å². The summed E-state index contributed by atoms with van der Waals surface area (Å²) in [5.41, 5.74) is 11.7. The van der Waals surface area contributed by atoms with Crippen LogP contribution in [0.4, 0.5) is 0 Å². The highest BCUT2D eigenvalue weighted by Gasteiger charge is 2.30. The molecule has 1 rings (SSSR count). The number of phenols is 1. The number of phenolic OH excluding ortho intramolecular Hbond substituents is 1. The van der Waals surface area contributed by atoms with Crippen LogP contribution >= 0.6 is 12.6 Å². The molecule has 4 unspecified atom stereocenters. The van der Waals surface area contributed by atoms with Gasteiger partial charge in [0.1, 0.15) is 23.9 Å². The molecule has 0 saturated carbocycles. The Morgan fingerprint density at radius 3 is 1.89 bits per heavy atom. The van der Waals surface area contributed by atoms with E-state index in [0.29, 0.717) is 24.9 Å². The molecule has 206 valence electrons. The topological polar surface area (TPSA) is 234 Å². The van der Waals surface area contributed by atoms with E-state index >= 15 is 0 Å². The number of amides is 3. The van der Waals surface area contributed by atoms with Gasteiger partial charge in [-0.25, -0.2) is 4.79 Å².